The van der Waals surface area contributed by atoms with E-state index in [4.69, 9.17) is 4.74 Å². The molecule has 0 bridgehead atoms. The van der Waals surface area contributed by atoms with Crippen molar-refractivity contribution in [3.63, 3.8) is 0 Å². The molecule has 0 saturated carbocycles. The van der Waals surface area contributed by atoms with Gasteiger partial charge in [-0.25, -0.2) is 0 Å². The van der Waals surface area contributed by atoms with Crippen LogP contribution in [0, 0.1) is 12.8 Å². The molecule has 2 atom stereocenters. The average Bonchev–Trinajstić information content (AvgIpc) is 2.83. The Morgan fingerprint density at radius 2 is 1.85 bits per heavy atom. The highest BCUT2D eigenvalue weighted by atomic mass is 16.5. The second-order valence-corrected chi connectivity index (χ2v) is 8.79. The van der Waals surface area contributed by atoms with Crippen molar-refractivity contribution in [1.29, 1.82) is 0 Å². The Morgan fingerprint density at radius 1 is 1.03 bits per heavy atom. The standard InChI is InChI=1S/C28H30N2O3/c1-19-7-6-10-22(15-19)27(31)30-25-13-14-26-23(17-25)16-24(18-33-26)28(32)29-20(2)11-12-21-8-4-3-5-9-21/h3-10,13-15,17,20,24H,11-12,16,18H2,1-2H3,(H,29,32)(H,30,31)/t20-,24+/m1/s1. The molecule has 1 heterocycles. The molecule has 0 aromatic heterocycles. The first kappa shape index (κ1) is 22.6. The number of fused-ring (bicyclic) bond motifs is 1. The van der Waals surface area contributed by atoms with Gasteiger partial charge in [0.2, 0.25) is 5.91 Å². The molecule has 1 aliphatic rings. The molecule has 33 heavy (non-hydrogen) atoms. The monoisotopic (exact) mass is 442 g/mol. The summed E-state index contributed by atoms with van der Waals surface area (Å²) in [7, 11) is 0. The van der Waals surface area contributed by atoms with Crippen LogP contribution in [-0.2, 0) is 17.6 Å². The van der Waals surface area contributed by atoms with E-state index in [0.29, 0.717) is 24.3 Å². The number of nitrogens with one attached hydrogen (secondary N) is 2. The summed E-state index contributed by atoms with van der Waals surface area (Å²) >= 11 is 0. The zero-order valence-electron chi connectivity index (χ0n) is 19.1. The molecule has 3 aromatic rings. The van der Waals surface area contributed by atoms with Crippen molar-refractivity contribution in [2.75, 3.05) is 11.9 Å². The molecule has 2 amide bonds. The highest BCUT2D eigenvalue weighted by Crippen LogP contribution is 2.30. The molecule has 0 saturated heterocycles. The minimum atomic E-state index is -0.251. The molecular formula is C28H30N2O3. The van der Waals surface area contributed by atoms with Crippen LogP contribution in [0.2, 0.25) is 0 Å². The summed E-state index contributed by atoms with van der Waals surface area (Å²) in [6.07, 6.45) is 2.39. The molecule has 0 unspecified atom stereocenters. The second-order valence-electron chi connectivity index (χ2n) is 8.79. The summed E-state index contributed by atoms with van der Waals surface area (Å²) < 4.78 is 5.85. The molecule has 2 N–H and O–H groups in total. The van der Waals surface area contributed by atoms with E-state index in [1.54, 1.807) is 6.07 Å². The van der Waals surface area contributed by atoms with Gasteiger partial charge in [0, 0.05) is 17.3 Å². The number of aryl methyl sites for hydroxylation is 2. The normalized spacial score (nSPS) is 15.6. The summed E-state index contributed by atoms with van der Waals surface area (Å²) in [4.78, 5) is 25.4. The van der Waals surface area contributed by atoms with E-state index in [1.165, 1.54) is 5.56 Å². The molecule has 170 valence electrons. The van der Waals surface area contributed by atoms with Crippen molar-refractivity contribution in [3.8, 4) is 5.75 Å². The Morgan fingerprint density at radius 3 is 2.64 bits per heavy atom. The van der Waals surface area contributed by atoms with Gasteiger partial charge in [-0.2, -0.15) is 0 Å². The number of benzene rings is 3. The Hall–Kier alpha value is -3.60. The lowest BCUT2D eigenvalue weighted by Gasteiger charge is -2.26. The van der Waals surface area contributed by atoms with Gasteiger partial charge in [0.05, 0.1) is 5.92 Å². The lowest BCUT2D eigenvalue weighted by Crippen LogP contribution is -2.41. The van der Waals surface area contributed by atoms with Gasteiger partial charge in [0.1, 0.15) is 12.4 Å². The number of anilines is 1. The quantitative estimate of drug-likeness (QED) is 0.545. The smallest absolute Gasteiger partial charge is 0.255 e. The third-order valence-electron chi connectivity index (χ3n) is 5.97. The maximum atomic E-state index is 12.8. The molecule has 1 aliphatic heterocycles. The Bertz CT molecular complexity index is 1130. The molecule has 0 fully saturated rings. The summed E-state index contributed by atoms with van der Waals surface area (Å²) in [5.74, 6) is 0.372. The predicted octanol–water partition coefficient (Wildman–Crippen LogP) is 4.94. The summed E-state index contributed by atoms with van der Waals surface area (Å²) in [6, 6.07) is 23.5. The van der Waals surface area contributed by atoms with Crippen molar-refractivity contribution < 1.29 is 14.3 Å². The molecule has 5 nitrogen and oxygen atoms in total. The fraction of sp³-hybridized carbons (Fsp3) is 0.286. The topological polar surface area (TPSA) is 67.4 Å². The molecule has 0 spiro atoms. The molecule has 5 heteroatoms. The minimum absolute atomic E-state index is 0.00964. The van der Waals surface area contributed by atoms with Gasteiger partial charge in [-0.05, 0) is 74.6 Å². The van der Waals surface area contributed by atoms with Crippen molar-refractivity contribution >= 4 is 17.5 Å². The molecule has 4 rings (SSSR count). The lowest BCUT2D eigenvalue weighted by atomic mass is 9.95. The van der Waals surface area contributed by atoms with Gasteiger partial charge in [-0.15, -0.1) is 0 Å². The number of carbonyl (C=O) groups excluding carboxylic acids is 2. The molecule has 0 radical (unpaired) electrons. The zero-order valence-corrected chi connectivity index (χ0v) is 19.1. The van der Waals surface area contributed by atoms with E-state index < -0.39 is 0 Å². The lowest BCUT2D eigenvalue weighted by molar-refractivity contribution is -0.126. The largest absolute Gasteiger partial charge is 0.492 e. The number of ether oxygens (including phenoxy) is 1. The van der Waals surface area contributed by atoms with E-state index >= 15 is 0 Å². The van der Waals surface area contributed by atoms with Crippen molar-refractivity contribution in [2.24, 2.45) is 5.92 Å². The van der Waals surface area contributed by atoms with E-state index in [-0.39, 0.29) is 23.8 Å². The fourth-order valence-electron chi connectivity index (χ4n) is 4.09. The Kier molecular flexibility index (Phi) is 7.08. The van der Waals surface area contributed by atoms with E-state index in [1.807, 2.05) is 68.4 Å². The van der Waals surface area contributed by atoms with Gasteiger partial charge in [-0.1, -0.05) is 48.0 Å². The van der Waals surface area contributed by atoms with Crippen LogP contribution in [0.1, 0.15) is 40.4 Å². The number of hydrogen-bond acceptors (Lipinski definition) is 3. The van der Waals surface area contributed by atoms with Crippen molar-refractivity contribution in [3.05, 3.63) is 95.1 Å². The first-order chi connectivity index (χ1) is 16.0. The summed E-state index contributed by atoms with van der Waals surface area (Å²) in [6.45, 7) is 4.36. The maximum Gasteiger partial charge on any atom is 0.255 e. The van der Waals surface area contributed by atoms with Gasteiger partial charge in [0.15, 0.2) is 0 Å². The SMILES string of the molecule is Cc1cccc(C(=O)Nc2ccc3c(c2)C[C@H](C(=O)N[C@H](C)CCc2ccccc2)CO3)c1. The first-order valence-corrected chi connectivity index (χ1v) is 11.5. The zero-order chi connectivity index (χ0) is 23.2. The van der Waals surface area contributed by atoms with Crippen molar-refractivity contribution in [2.45, 2.75) is 39.2 Å². The van der Waals surface area contributed by atoms with Crippen LogP contribution >= 0.6 is 0 Å². The number of rotatable bonds is 7. The van der Waals surface area contributed by atoms with Crippen LogP contribution in [0.5, 0.6) is 5.75 Å². The van der Waals surface area contributed by atoms with E-state index in [2.05, 4.69) is 22.8 Å². The van der Waals surface area contributed by atoms with Crippen molar-refractivity contribution in [1.82, 2.24) is 5.32 Å². The van der Waals surface area contributed by atoms with Crippen LogP contribution < -0.4 is 15.4 Å². The van der Waals surface area contributed by atoms with Crippen LogP contribution in [0.3, 0.4) is 0 Å². The first-order valence-electron chi connectivity index (χ1n) is 11.5. The number of carbonyl (C=O) groups is 2. The van der Waals surface area contributed by atoms with Crippen LogP contribution in [0.15, 0.2) is 72.8 Å². The number of amides is 2. The highest BCUT2D eigenvalue weighted by molar-refractivity contribution is 6.04. The van der Waals surface area contributed by atoms with E-state index in [0.717, 1.165) is 29.7 Å². The minimum Gasteiger partial charge on any atom is -0.492 e. The molecule has 3 aromatic carbocycles. The number of hydrogen-bond donors (Lipinski definition) is 2. The Labute approximate surface area is 195 Å². The van der Waals surface area contributed by atoms with Gasteiger partial charge in [0.25, 0.3) is 5.91 Å². The average molecular weight is 443 g/mol. The van der Waals surface area contributed by atoms with Crippen LogP contribution in [-0.4, -0.2) is 24.5 Å². The van der Waals surface area contributed by atoms with Gasteiger partial charge >= 0.3 is 0 Å². The van der Waals surface area contributed by atoms with Gasteiger partial charge < -0.3 is 15.4 Å². The fourth-order valence-corrected chi connectivity index (χ4v) is 4.09. The Balaban J connectivity index is 1.34. The van der Waals surface area contributed by atoms with Crippen LogP contribution in [0.4, 0.5) is 5.69 Å². The highest BCUT2D eigenvalue weighted by Gasteiger charge is 2.27. The summed E-state index contributed by atoms with van der Waals surface area (Å²) in [5.41, 5.74) is 4.55. The third-order valence-corrected chi connectivity index (χ3v) is 5.97. The maximum absolute atomic E-state index is 12.8. The van der Waals surface area contributed by atoms with E-state index in [9.17, 15) is 9.59 Å². The molecular weight excluding hydrogens is 412 g/mol. The van der Waals surface area contributed by atoms with Crippen LogP contribution in [0.25, 0.3) is 0 Å². The molecule has 0 aliphatic carbocycles. The second kappa shape index (κ2) is 10.3. The predicted molar refractivity (Wildman–Crippen MR) is 131 cm³/mol. The summed E-state index contributed by atoms with van der Waals surface area (Å²) in [5, 5.41) is 6.08. The van der Waals surface area contributed by atoms with Gasteiger partial charge in [-0.3, -0.25) is 9.59 Å². The third kappa shape index (κ3) is 6.01.